The summed E-state index contributed by atoms with van der Waals surface area (Å²) in [5.41, 5.74) is 1.18. The average Bonchev–Trinajstić information content (AvgIpc) is 2.44. The first kappa shape index (κ1) is 18.2. The molecule has 1 rings (SSSR count). The van der Waals surface area contributed by atoms with Gasteiger partial charge in [0.05, 0.1) is 6.61 Å². The molecule has 0 aromatic heterocycles. The number of hydrogen-bond acceptors (Lipinski definition) is 3. The summed E-state index contributed by atoms with van der Waals surface area (Å²) in [7, 11) is -0.786. The first-order valence-corrected chi connectivity index (χ1v) is 9.36. The molecule has 0 fully saturated rings. The third kappa shape index (κ3) is 7.09. The van der Waals surface area contributed by atoms with Gasteiger partial charge in [0.15, 0.2) is 0 Å². The molecular weight excluding hydrogens is 282 g/mol. The quantitative estimate of drug-likeness (QED) is 0.718. The van der Waals surface area contributed by atoms with Crippen LogP contribution in [-0.4, -0.2) is 28.9 Å². The number of hydrogen-bond donors (Lipinski definition) is 1. The van der Waals surface area contributed by atoms with Crippen LogP contribution in [-0.2, 0) is 10.8 Å². The molecule has 2 unspecified atom stereocenters. The van der Waals surface area contributed by atoms with Gasteiger partial charge in [0, 0.05) is 28.3 Å². The standard InChI is InChI=1S/C17H29NO2S/c1-5-11-20-16-9-7-15(8-10-16)17(18-6-2)13-21(19)12-14(3)4/h7-10,14,17-18H,5-6,11-13H2,1-4H3. The molecule has 4 heteroatoms. The smallest absolute Gasteiger partial charge is 0.119 e. The zero-order valence-corrected chi connectivity index (χ0v) is 14.5. The molecule has 0 aliphatic heterocycles. The van der Waals surface area contributed by atoms with Crippen molar-refractivity contribution in [3.05, 3.63) is 29.8 Å². The molecule has 1 N–H and O–H groups in total. The summed E-state index contributed by atoms with van der Waals surface area (Å²) in [6.07, 6.45) is 1.01. The van der Waals surface area contributed by atoms with Gasteiger partial charge >= 0.3 is 0 Å². The van der Waals surface area contributed by atoms with Crippen LogP contribution in [0, 0.1) is 5.92 Å². The lowest BCUT2D eigenvalue weighted by Crippen LogP contribution is -2.27. The Morgan fingerprint density at radius 2 is 1.81 bits per heavy atom. The van der Waals surface area contributed by atoms with E-state index in [1.54, 1.807) is 0 Å². The van der Waals surface area contributed by atoms with Crippen LogP contribution in [0.1, 0.15) is 45.7 Å². The van der Waals surface area contributed by atoms with Gasteiger partial charge in [0.1, 0.15) is 5.75 Å². The van der Waals surface area contributed by atoms with Gasteiger partial charge in [0.25, 0.3) is 0 Å². The third-order valence-corrected chi connectivity index (χ3v) is 4.82. The molecule has 0 heterocycles. The maximum atomic E-state index is 12.2. The number of nitrogens with one attached hydrogen (secondary N) is 1. The van der Waals surface area contributed by atoms with Crippen molar-refractivity contribution >= 4 is 10.8 Å². The fourth-order valence-electron chi connectivity index (χ4n) is 2.16. The van der Waals surface area contributed by atoms with Crippen molar-refractivity contribution in [2.45, 2.75) is 40.2 Å². The number of rotatable bonds is 10. The first-order chi connectivity index (χ1) is 10.1. The van der Waals surface area contributed by atoms with Crippen molar-refractivity contribution in [1.82, 2.24) is 5.32 Å². The summed E-state index contributed by atoms with van der Waals surface area (Å²) in [6, 6.07) is 8.30. The van der Waals surface area contributed by atoms with Crippen molar-refractivity contribution in [1.29, 1.82) is 0 Å². The first-order valence-electron chi connectivity index (χ1n) is 7.87. The van der Waals surface area contributed by atoms with E-state index >= 15 is 0 Å². The van der Waals surface area contributed by atoms with Gasteiger partial charge in [-0.25, -0.2) is 0 Å². The zero-order valence-electron chi connectivity index (χ0n) is 13.7. The summed E-state index contributed by atoms with van der Waals surface area (Å²) >= 11 is 0. The highest BCUT2D eigenvalue weighted by Gasteiger charge is 2.15. The van der Waals surface area contributed by atoms with Gasteiger partial charge in [-0.15, -0.1) is 0 Å². The molecule has 21 heavy (non-hydrogen) atoms. The number of benzene rings is 1. The second-order valence-electron chi connectivity index (χ2n) is 5.69. The van der Waals surface area contributed by atoms with E-state index in [1.165, 1.54) is 5.56 Å². The lowest BCUT2D eigenvalue weighted by molar-refractivity contribution is 0.317. The van der Waals surface area contributed by atoms with Crippen molar-refractivity contribution in [2.24, 2.45) is 5.92 Å². The number of ether oxygens (including phenoxy) is 1. The Morgan fingerprint density at radius 3 is 2.33 bits per heavy atom. The average molecular weight is 311 g/mol. The highest BCUT2D eigenvalue weighted by atomic mass is 32.2. The molecule has 1 aromatic carbocycles. The van der Waals surface area contributed by atoms with Gasteiger partial charge in [-0.2, -0.15) is 0 Å². The minimum atomic E-state index is -0.786. The minimum absolute atomic E-state index is 0.148. The summed E-state index contributed by atoms with van der Waals surface area (Å²) in [5, 5.41) is 3.43. The predicted molar refractivity (Wildman–Crippen MR) is 91.4 cm³/mol. The molecule has 0 aliphatic rings. The maximum Gasteiger partial charge on any atom is 0.119 e. The normalized spacial score (nSPS) is 14.1. The minimum Gasteiger partial charge on any atom is -0.494 e. The molecule has 0 radical (unpaired) electrons. The van der Waals surface area contributed by atoms with Crippen LogP contribution >= 0.6 is 0 Å². The Kier molecular flexibility index (Phi) is 8.62. The molecular formula is C17H29NO2S. The fraction of sp³-hybridized carbons (Fsp3) is 0.647. The SMILES string of the molecule is CCCOc1ccc(C(CS(=O)CC(C)C)NCC)cc1. The molecule has 3 nitrogen and oxygen atoms in total. The summed E-state index contributed by atoms with van der Waals surface area (Å²) in [4.78, 5) is 0. The van der Waals surface area contributed by atoms with Gasteiger partial charge in [-0.3, -0.25) is 4.21 Å². The third-order valence-electron chi connectivity index (χ3n) is 3.08. The largest absolute Gasteiger partial charge is 0.494 e. The molecule has 0 saturated carbocycles. The lowest BCUT2D eigenvalue weighted by Gasteiger charge is -2.19. The Balaban J connectivity index is 2.68. The van der Waals surface area contributed by atoms with Gasteiger partial charge < -0.3 is 10.1 Å². The van der Waals surface area contributed by atoms with Crippen LogP contribution in [0.25, 0.3) is 0 Å². The van der Waals surface area contributed by atoms with E-state index in [4.69, 9.17) is 4.74 Å². The summed E-state index contributed by atoms with van der Waals surface area (Å²) < 4.78 is 17.8. The monoisotopic (exact) mass is 311 g/mol. The van der Waals surface area contributed by atoms with E-state index in [9.17, 15) is 4.21 Å². The topological polar surface area (TPSA) is 38.3 Å². The molecule has 0 bridgehead atoms. The molecule has 0 aliphatic carbocycles. The second-order valence-corrected chi connectivity index (χ2v) is 7.24. The molecule has 2 atom stereocenters. The molecule has 0 amide bonds. The lowest BCUT2D eigenvalue weighted by atomic mass is 10.1. The van der Waals surface area contributed by atoms with Gasteiger partial charge in [0.2, 0.25) is 0 Å². The summed E-state index contributed by atoms with van der Waals surface area (Å²) in [5.74, 6) is 2.80. The van der Waals surface area contributed by atoms with Crippen molar-refractivity contribution in [2.75, 3.05) is 24.7 Å². The van der Waals surface area contributed by atoms with Crippen LogP contribution in [0.15, 0.2) is 24.3 Å². The molecule has 0 spiro atoms. The molecule has 1 aromatic rings. The Bertz CT molecular complexity index is 417. The highest BCUT2D eigenvalue weighted by Crippen LogP contribution is 2.19. The van der Waals surface area contributed by atoms with Crippen LogP contribution in [0.3, 0.4) is 0 Å². The maximum absolute atomic E-state index is 12.2. The molecule has 0 saturated heterocycles. The Hall–Kier alpha value is -0.870. The predicted octanol–water partition coefficient (Wildman–Crippen LogP) is 3.53. The van der Waals surface area contributed by atoms with Crippen LogP contribution in [0.5, 0.6) is 5.75 Å². The van der Waals surface area contributed by atoms with Gasteiger partial charge in [-0.05, 0) is 36.6 Å². The van der Waals surface area contributed by atoms with Crippen LogP contribution in [0.2, 0.25) is 0 Å². The fourth-order valence-corrected chi connectivity index (χ4v) is 3.72. The van der Waals surface area contributed by atoms with Crippen molar-refractivity contribution in [3.8, 4) is 5.75 Å². The van der Waals surface area contributed by atoms with Gasteiger partial charge in [-0.1, -0.05) is 39.8 Å². The van der Waals surface area contributed by atoms with Crippen LogP contribution in [0.4, 0.5) is 0 Å². The summed E-state index contributed by atoms with van der Waals surface area (Å²) in [6.45, 7) is 10.0. The Labute approximate surface area is 131 Å². The van der Waals surface area contributed by atoms with E-state index in [2.05, 4.69) is 45.1 Å². The van der Waals surface area contributed by atoms with E-state index in [1.807, 2.05) is 12.1 Å². The zero-order chi connectivity index (χ0) is 15.7. The van der Waals surface area contributed by atoms with E-state index in [-0.39, 0.29) is 6.04 Å². The van der Waals surface area contributed by atoms with Crippen molar-refractivity contribution in [3.63, 3.8) is 0 Å². The van der Waals surface area contributed by atoms with E-state index < -0.39 is 10.8 Å². The molecule has 120 valence electrons. The van der Waals surface area contributed by atoms with E-state index in [0.717, 1.165) is 31.1 Å². The Morgan fingerprint density at radius 1 is 1.14 bits per heavy atom. The van der Waals surface area contributed by atoms with Crippen molar-refractivity contribution < 1.29 is 8.95 Å². The van der Waals surface area contributed by atoms with Crippen LogP contribution < -0.4 is 10.1 Å². The highest BCUT2D eigenvalue weighted by molar-refractivity contribution is 7.85. The van der Waals surface area contributed by atoms with E-state index in [0.29, 0.717) is 11.7 Å². The second kappa shape index (κ2) is 9.96.